The Balaban J connectivity index is 1.53. The van der Waals surface area contributed by atoms with E-state index in [1.807, 2.05) is 29.2 Å². The molecule has 0 bridgehead atoms. The standard InChI is InChI=1S/C21H26N2O4/c1-16(24)23(15-20-4-3-13-27-20)19-9-11-22(12-10-19)14-17-5-7-18(8-6-17)21(25)26-2/h3-8,13,19H,9-12,14-15H2,1-2H3. The van der Waals surface area contributed by atoms with Crippen LogP contribution in [-0.4, -0.2) is 47.9 Å². The van der Waals surface area contributed by atoms with Crippen LogP contribution in [0.5, 0.6) is 0 Å². The Labute approximate surface area is 159 Å². The molecule has 6 heteroatoms. The third-order valence-corrected chi connectivity index (χ3v) is 5.09. The predicted octanol–water partition coefficient (Wildman–Crippen LogP) is 3.08. The molecule has 2 heterocycles. The van der Waals surface area contributed by atoms with Crippen LogP contribution < -0.4 is 0 Å². The highest BCUT2D eigenvalue weighted by Crippen LogP contribution is 2.21. The van der Waals surface area contributed by atoms with Gasteiger partial charge in [0.15, 0.2) is 0 Å². The molecule has 0 unspecified atom stereocenters. The molecule has 1 amide bonds. The number of amides is 1. The number of rotatable bonds is 6. The first kappa shape index (κ1) is 19.2. The monoisotopic (exact) mass is 370 g/mol. The Bertz CT molecular complexity index is 747. The van der Waals surface area contributed by atoms with Crippen LogP contribution in [0.3, 0.4) is 0 Å². The van der Waals surface area contributed by atoms with Crippen molar-refractivity contribution in [2.45, 2.75) is 38.9 Å². The molecule has 1 fully saturated rings. The van der Waals surface area contributed by atoms with Gasteiger partial charge < -0.3 is 14.1 Å². The predicted molar refractivity (Wildman–Crippen MR) is 101 cm³/mol. The molecule has 2 aromatic rings. The Kier molecular flexibility index (Phi) is 6.29. The summed E-state index contributed by atoms with van der Waals surface area (Å²) >= 11 is 0. The second-order valence-corrected chi connectivity index (χ2v) is 6.92. The molecule has 27 heavy (non-hydrogen) atoms. The van der Waals surface area contributed by atoms with E-state index in [2.05, 4.69) is 4.90 Å². The minimum absolute atomic E-state index is 0.0863. The number of ether oxygens (including phenoxy) is 1. The molecule has 0 aliphatic carbocycles. The van der Waals surface area contributed by atoms with Crippen molar-refractivity contribution in [3.8, 4) is 0 Å². The van der Waals surface area contributed by atoms with Gasteiger partial charge in [-0.2, -0.15) is 0 Å². The zero-order valence-corrected chi connectivity index (χ0v) is 15.9. The maximum absolute atomic E-state index is 12.1. The van der Waals surface area contributed by atoms with Gasteiger partial charge in [0.05, 0.1) is 25.5 Å². The second kappa shape index (κ2) is 8.86. The quantitative estimate of drug-likeness (QED) is 0.731. The van der Waals surface area contributed by atoms with E-state index in [0.717, 1.165) is 38.2 Å². The van der Waals surface area contributed by atoms with Crippen molar-refractivity contribution in [2.24, 2.45) is 0 Å². The molecule has 3 rings (SSSR count). The summed E-state index contributed by atoms with van der Waals surface area (Å²) in [6.07, 6.45) is 3.53. The number of carbonyl (C=O) groups excluding carboxylic acids is 2. The van der Waals surface area contributed by atoms with E-state index >= 15 is 0 Å². The van der Waals surface area contributed by atoms with Crippen molar-refractivity contribution in [2.75, 3.05) is 20.2 Å². The van der Waals surface area contributed by atoms with Crippen LogP contribution in [0.4, 0.5) is 0 Å². The summed E-state index contributed by atoms with van der Waals surface area (Å²) in [7, 11) is 1.39. The molecular weight excluding hydrogens is 344 g/mol. The maximum atomic E-state index is 12.1. The fourth-order valence-electron chi connectivity index (χ4n) is 3.58. The van der Waals surface area contributed by atoms with Crippen LogP contribution in [0, 0.1) is 0 Å². The van der Waals surface area contributed by atoms with E-state index in [1.54, 1.807) is 25.3 Å². The smallest absolute Gasteiger partial charge is 0.337 e. The first-order valence-electron chi connectivity index (χ1n) is 9.26. The summed E-state index contributed by atoms with van der Waals surface area (Å²) in [5, 5.41) is 0. The number of hydrogen-bond donors (Lipinski definition) is 0. The average Bonchev–Trinajstić information content (AvgIpc) is 3.20. The number of carbonyl (C=O) groups is 2. The van der Waals surface area contributed by atoms with E-state index < -0.39 is 0 Å². The number of benzene rings is 1. The lowest BCUT2D eigenvalue weighted by Crippen LogP contribution is -2.46. The van der Waals surface area contributed by atoms with Gasteiger partial charge in [-0.25, -0.2) is 4.79 Å². The van der Waals surface area contributed by atoms with E-state index in [4.69, 9.17) is 9.15 Å². The van der Waals surface area contributed by atoms with Crippen LogP contribution in [0.2, 0.25) is 0 Å². The van der Waals surface area contributed by atoms with Crippen LogP contribution in [0.1, 0.15) is 41.4 Å². The molecular formula is C21H26N2O4. The largest absolute Gasteiger partial charge is 0.467 e. The van der Waals surface area contributed by atoms with Gasteiger partial charge >= 0.3 is 5.97 Å². The zero-order chi connectivity index (χ0) is 19.2. The van der Waals surface area contributed by atoms with E-state index in [1.165, 1.54) is 12.7 Å². The molecule has 1 aliphatic heterocycles. The van der Waals surface area contributed by atoms with Crippen molar-refractivity contribution in [3.63, 3.8) is 0 Å². The second-order valence-electron chi connectivity index (χ2n) is 6.92. The summed E-state index contributed by atoms with van der Waals surface area (Å²) in [4.78, 5) is 27.9. The fraction of sp³-hybridized carbons (Fsp3) is 0.429. The van der Waals surface area contributed by atoms with Gasteiger partial charge in [-0.05, 0) is 42.7 Å². The summed E-state index contributed by atoms with van der Waals surface area (Å²) in [6, 6.07) is 11.5. The number of hydrogen-bond acceptors (Lipinski definition) is 5. The zero-order valence-electron chi connectivity index (χ0n) is 15.9. The Hall–Kier alpha value is -2.60. The number of esters is 1. The molecule has 0 spiro atoms. The SMILES string of the molecule is COC(=O)c1ccc(CN2CCC(N(Cc3ccco3)C(C)=O)CC2)cc1. The lowest BCUT2D eigenvalue weighted by Gasteiger charge is -2.38. The molecule has 0 saturated carbocycles. The van der Waals surface area contributed by atoms with Crippen LogP contribution in [-0.2, 0) is 22.6 Å². The summed E-state index contributed by atoms with van der Waals surface area (Å²) < 4.78 is 10.1. The third-order valence-electron chi connectivity index (χ3n) is 5.09. The minimum atomic E-state index is -0.316. The molecule has 6 nitrogen and oxygen atoms in total. The highest BCUT2D eigenvalue weighted by Gasteiger charge is 2.27. The lowest BCUT2D eigenvalue weighted by molar-refractivity contribution is -0.133. The maximum Gasteiger partial charge on any atom is 0.337 e. The summed E-state index contributed by atoms with van der Waals surface area (Å²) in [5.41, 5.74) is 1.73. The molecule has 1 saturated heterocycles. The molecule has 0 atom stereocenters. The van der Waals surface area contributed by atoms with Crippen molar-refractivity contribution < 1.29 is 18.7 Å². The molecule has 1 aromatic heterocycles. The Morgan fingerprint density at radius 3 is 2.44 bits per heavy atom. The van der Waals surface area contributed by atoms with Crippen molar-refractivity contribution in [1.29, 1.82) is 0 Å². The number of methoxy groups -OCH3 is 1. The number of piperidine rings is 1. The molecule has 1 aromatic carbocycles. The lowest BCUT2D eigenvalue weighted by atomic mass is 10.0. The Morgan fingerprint density at radius 1 is 1.19 bits per heavy atom. The van der Waals surface area contributed by atoms with Gasteiger partial charge in [0.25, 0.3) is 0 Å². The van der Waals surface area contributed by atoms with Gasteiger partial charge in [0.2, 0.25) is 5.91 Å². The average molecular weight is 370 g/mol. The van der Waals surface area contributed by atoms with Gasteiger partial charge in [0, 0.05) is 32.6 Å². The molecule has 144 valence electrons. The van der Waals surface area contributed by atoms with Gasteiger partial charge in [-0.3, -0.25) is 9.69 Å². The topological polar surface area (TPSA) is 63.0 Å². The van der Waals surface area contributed by atoms with Crippen molar-refractivity contribution in [3.05, 3.63) is 59.5 Å². The van der Waals surface area contributed by atoms with Crippen molar-refractivity contribution in [1.82, 2.24) is 9.80 Å². The Morgan fingerprint density at radius 2 is 1.89 bits per heavy atom. The summed E-state index contributed by atoms with van der Waals surface area (Å²) in [6.45, 7) is 4.86. The van der Waals surface area contributed by atoms with E-state index in [-0.39, 0.29) is 17.9 Å². The van der Waals surface area contributed by atoms with Gasteiger partial charge in [-0.15, -0.1) is 0 Å². The number of likely N-dealkylation sites (tertiary alicyclic amines) is 1. The van der Waals surface area contributed by atoms with Gasteiger partial charge in [0.1, 0.15) is 5.76 Å². The third kappa shape index (κ3) is 4.98. The summed E-state index contributed by atoms with van der Waals surface area (Å²) in [5.74, 6) is 0.588. The molecule has 0 N–H and O–H groups in total. The van der Waals surface area contributed by atoms with Crippen LogP contribution >= 0.6 is 0 Å². The van der Waals surface area contributed by atoms with E-state index in [9.17, 15) is 9.59 Å². The number of furan rings is 1. The van der Waals surface area contributed by atoms with E-state index in [0.29, 0.717) is 12.1 Å². The minimum Gasteiger partial charge on any atom is -0.467 e. The highest BCUT2D eigenvalue weighted by molar-refractivity contribution is 5.89. The first-order chi connectivity index (χ1) is 13.1. The molecule has 0 radical (unpaired) electrons. The number of nitrogens with zero attached hydrogens (tertiary/aromatic N) is 2. The molecule has 1 aliphatic rings. The van der Waals surface area contributed by atoms with Gasteiger partial charge in [-0.1, -0.05) is 12.1 Å². The van der Waals surface area contributed by atoms with Crippen LogP contribution in [0.25, 0.3) is 0 Å². The van der Waals surface area contributed by atoms with Crippen molar-refractivity contribution >= 4 is 11.9 Å². The van der Waals surface area contributed by atoms with Crippen LogP contribution in [0.15, 0.2) is 47.1 Å². The highest BCUT2D eigenvalue weighted by atomic mass is 16.5. The normalized spacial score (nSPS) is 15.5. The fourth-order valence-corrected chi connectivity index (χ4v) is 3.58. The first-order valence-corrected chi connectivity index (χ1v) is 9.26.